The highest BCUT2D eigenvalue weighted by molar-refractivity contribution is 5.65. The minimum Gasteiger partial charge on any atom is -0.491 e. The van der Waals surface area contributed by atoms with Crippen molar-refractivity contribution in [1.82, 2.24) is 4.98 Å². The lowest BCUT2D eigenvalue weighted by Gasteiger charge is -2.19. The summed E-state index contributed by atoms with van der Waals surface area (Å²) in [6.07, 6.45) is 2.37. The summed E-state index contributed by atoms with van der Waals surface area (Å²) in [6.45, 7) is 1.35. The van der Waals surface area contributed by atoms with Gasteiger partial charge in [0.1, 0.15) is 17.7 Å². The van der Waals surface area contributed by atoms with Gasteiger partial charge >= 0.3 is 6.01 Å². The van der Waals surface area contributed by atoms with Crippen molar-refractivity contribution in [1.29, 1.82) is 0 Å². The van der Waals surface area contributed by atoms with Gasteiger partial charge in [0.15, 0.2) is 0 Å². The fourth-order valence-electron chi connectivity index (χ4n) is 2.02. The van der Waals surface area contributed by atoms with Crippen molar-refractivity contribution in [3.63, 3.8) is 0 Å². The maximum Gasteiger partial charge on any atom is 0.302 e. The number of rotatable bonds is 2. The van der Waals surface area contributed by atoms with Crippen molar-refractivity contribution in [2.45, 2.75) is 13.0 Å². The maximum absolute atomic E-state index is 9.03. The Morgan fingerprint density at radius 2 is 2.22 bits per heavy atom. The summed E-state index contributed by atoms with van der Waals surface area (Å²) < 4.78 is 11.1. The Labute approximate surface area is 105 Å². The number of benzene rings is 1. The second-order valence-corrected chi connectivity index (χ2v) is 4.10. The minimum atomic E-state index is -0.116. The van der Waals surface area contributed by atoms with Gasteiger partial charge in [0.05, 0.1) is 18.9 Å². The first-order chi connectivity index (χ1) is 8.88. The molecule has 1 aromatic carbocycles. The quantitative estimate of drug-likeness (QED) is 0.879. The van der Waals surface area contributed by atoms with E-state index in [2.05, 4.69) is 4.98 Å². The molecule has 0 fully saturated rings. The van der Waals surface area contributed by atoms with Crippen LogP contribution in [0.5, 0.6) is 5.75 Å². The number of aliphatic hydroxyl groups excluding tert-OH is 1. The predicted octanol–water partition coefficient (Wildman–Crippen LogP) is 2.09. The van der Waals surface area contributed by atoms with Crippen LogP contribution < -0.4 is 9.64 Å². The minimum absolute atomic E-state index is 0.116. The Hall–Kier alpha value is -2.01. The van der Waals surface area contributed by atoms with Gasteiger partial charge in [0.2, 0.25) is 0 Å². The van der Waals surface area contributed by atoms with Gasteiger partial charge in [0, 0.05) is 6.54 Å². The number of fused-ring (bicyclic) bond motifs is 1. The van der Waals surface area contributed by atoms with Crippen LogP contribution in [0.3, 0.4) is 0 Å². The van der Waals surface area contributed by atoms with E-state index in [0.29, 0.717) is 18.3 Å². The molecule has 1 aliphatic heterocycles. The zero-order chi connectivity index (χ0) is 12.4. The van der Waals surface area contributed by atoms with E-state index in [1.54, 1.807) is 0 Å². The molecule has 2 heterocycles. The molecule has 94 valence electrons. The summed E-state index contributed by atoms with van der Waals surface area (Å²) in [4.78, 5) is 6.22. The second-order valence-electron chi connectivity index (χ2n) is 4.10. The molecule has 0 bridgehead atoms. The lowest BCUT2D eigenvalue weighted by atomic mass is 10.2. The van der Waals surface area contributed by atoms with Crippen LogP contribution in [0.2, 0.25) is 0 Å². The summed E-state index contributed by atoms with van der Waals surface area (Å²) in [6, 6.07) is 8.30. The highest BCUT2D eigenvalue weighted by Gasteiger charge is 2.21. The predicted molar refractivity (Wildman–Crippen MR) is 66.0 cm³/mol. The average molecular weight is 246 g/mol. The number of nitrogens with zero attached hydrogens (tertiary/aromatic N) is 2. The third-order valence-corrected chi connectivity index (χ3v) is 2.87. The van der Waals surface area contributed by atoms with Gasteiger partial charge in [-0.15, -0.1) is 0 Å². The van der Waals surface area contributed by atoms with Crippen LogP contribution in [-0.4, -0.2) is 23.2 Å². The van der Waals surface area contributed by atoms with Gasteiger partial charge in [-0.25, -0.2) is 0 Å². The van der Waals surface area contributed by atoms with Crippen LogP contribution in [0.15, 0.2) is 34.9 Å². The van der Waals surface area contributed by atoms with Gasteiger partial charge in [-0.05, 0) is 18.6 Å². The number of anilines is 2. The Kier molecular flexibility index (Phi) is 2.90. The third kappa shape index (κ3) is 1.93. The van der Waals surface area contributed by atoms with Crippen molar-refractivity contribution in [3.8, 4) is 5.75 Å². The van der Waals surface area contributed by atoms with Crippen molar-refractivity contribution < 1.29 is 14.3 Å². The van der Waals surface area contributed by atoms with Crippen LogP contribution >= 0.6 is 0 Å². The second kappa shape index (κ2) is 4.70. The van der Waals surface area contributed by atoms with E-state index in [0.717, 1.165) is 24.4 Å². The molecule has 18 heavy (non-hydrogen) atoms. The summed E-state index contributed by atoms with van der Waals surface area (Å²) in [5.74, 6) is 0.832. The van der Waals surface area contributed by atoms with Crippen molar-refractivity contribution in [2.75, 3.05) is 18.1 Å². The largest absolute Gasteiger partial charge is 0.491 e. The normalized spacial score (nSPS) is 14.8. The van der Waals surface area contributed by atoms with E-state index >= 15 is 0 Å². The first-order valence-corrected chi connectivity index (χ1v) is 5.93. The number of hydrogen-bond acceptors (Lipinski definition) is 5. The summed E-state index contributed by atoms with van der Waals surface area (Å²) >= 11 is 0. The van der Waals surface area contributed by atoms with Gasteiger partial charge in [-0.3, -0.25) is 4.90 Å². The number of aliphatic hydroxyl groups is 1. The zero-order valence-electron chi connectivity index (χ0n) is 9.87. The monoisotopic (exact) mass is 246 g/mol. The van der Waals surface area contributed by atoms with E-state index in [1.165, 1.54) is 6.26 Å². The van der Waals surface area contributed by atoms with E-state index in [4.69, 9.17) is 14.3 Å². The lowest BCUT2D eigenvalue weighted by Crippen LogP contribution is -2.17. The molecule has 1 aliphatic rings. The number of para-hydroxylation sites is 2. The molecule has 0 radical (unpaired) electrons. The molecule has 3 rings (SSSR count). The van der Waals surface area contributed by atoms with Crippen molar-refractivity contribution >= 4 is 11.7 Å². The van der Waals surface area contributed by atoms with Crippen LogP contribution in [0.4, 0.5) is 11.7 Å². The Balaban J connectivity index is 2.00. The van der Waals surface area contributed by atoms with Gasteiger partial charge < -0.3 is 14.3 Å². The first-order valence-electron chi connectivity index (χ1n) is 5.93. The molecule has 0 atom stereocenters. The number of aromatic nitrogens is 1. The average Bonchev–Trinajstić information content (AvgIpc) is 2.78. The van der Waals surface area contributed by atoms with Crippen LogP contribution in [-0.2, 0) is 6.61 Å². The van der Waals surface area contributed by atoms with E-state index < -0.39 is 0 Å². The molecule has 0 spiro atoms. The van der Waals surface area contributed by atoms with Crippen molar-refractivity contribution in [2.24, 2.45) is 0 Å². The lowest BCUT2D eigenvalue weighted by molar-refractivity contribution is 0.276. The molecule has 0 aliphatic carbocycles. The highest BCUT2D eigenvalue weighted by atomic mass is 16.5. The topological polar surface area (TPSA) is 58.7 Å². The Morgan fingerprint density at radius 3 is 3.06 bits per heavy atom. The molecule has 0 unspecified atom stereocenters. The summed E-state index contributed by atoms with van der Waals surface area (Å²) in [5.41, 5.74) is 1.48. The molecule has 5 nitrogen and oxygen atoms in total. The van der Waals surface area contributed by atoms with E-state index in [-0.39, 0.29) is 6.61 Å². The SMILES string of the molecule is OCc1coc(N2CCCOc3ccccc32)n1. The highest BCUT2D eigenvalue weighted by Crippen LogP contribution is 2.35. The zero-order valence-corrected chi connectivity index (χ0v) is 9.87. The van der Waals surface area contributed by atoms with Gasteiger partial charge in [0.25, 0.3) is 0 Å². The molecular weight excluding hydrogens is 232 g/mol. The summed E-state index contributed by atoms with van der Waals surface area (Å²) in [5, 5.41) is 9.03. The van der Waals surface area contributed by atoms with Crippen LogP contribution in [0.25, 0.3) is 0 Å². The number of ether oxygens (including phenoxy) is 1. The van der Waals surface area contributed by atoms with Crippen molar-refractivity contribution in [3.05, 3.63) is 36.2 Å². The molecule has 0 saturated heterocycles. The fraction of sp³-hybridized carbons (Fsp3) is 0.308. The van der Waals surface area contributed by atoms with Gasteiger partial charge in [-0.1, -0.05) is 12.1 Å². The molecular formula is C13H14N2O3. The van der Waals surface area contributed by atoms with Crippen LogP contribution in [0.1, 0.15) is 12.1 Å². The van der Waals surface area contributed by atoms with Crippen LogP contribution in [0, 0.1) is 0 Å². The molecule has 0 saturated carbocycles. The third-order valence-electron chi connectivity index (χ3n) is 2.87. The smallest absolute Gasteiger partial charge is 0.302 e. The molecule has 2 aromatic rings. The number of hydrogen-bond donors (Lipinski definition) is 1. The Bertz CT molecular complexity index is 539. The van der Waals surface area contributed by atoms with E-state index in [9.17, 15) is 0 Å². The first kappa shape index (κ1) is 11.1. The fourth-order valence-corrected chi connectivity index (χ4v) is 2.02. The standard InChI is InChI=1S/C13H14N2O3/c16-8-10-9-18-13(14-10)15-6-3-7-17-12-5-2-1-4-11(12)15/h1-2,4-5,9,16H,3,6-8H2. The van der Waals surface area contributed by atoms with E-state index in [1.807, 2.05) is 29.2 Å². The molecule has 5 heteroatoms. The molecule has 1 N–H and O–H groups in total. The number of oxazole rings is 1. The maximum atomic E-state index is 9.03. The summed E-state index contributed by atoms with van der Waals surface area (Å²) in [7, 11) is 0. The Morgan fingerprint density at radius 1 is 1.33 bits per heavy atom. The molecule has 0 amide bonds. The molecule has 1 aromatic heterocycles. The van der Waals surface area contributed by atoms with Gasteiger partial charge in [-0.2, -0.15) is 4.98 Å².